The number of anilines is 1. The fourth-order valence-electron chi connectivity index (χ4n) is 4.26. The molecule has 0 bridgehead atoms. The Kier molecular flexibility index (Phi) is 8.67. The Morgan fingerprint density at radius 2 is 1.70 bits per heavy atom. The monoisotopic (exact) mass is 571 g/mol. The first-order chi connectivity index (χ1) is 18.9. The molecule has 2 heterocycles. The van der Waals surface area contributed by atoms with Gasteiger partial charge in [-0.2, -0.15) is 13.4 Å². The fraction of sp³-hybridized carbons (Fsp3) is 0.333. The highest BCUT2D eigenvalue weighted by Gasteiger charge is 2.51. The van der Waals surface area contributed by atoms with Crippen molar-refractivity contribution in [3.8, 4) is 0 Å². The molecule has 0 unspecified atom stereocenters. The fourth-order valence-corrected chi connectivity index (χ4v) is 5.37. The molecule has 13 heteroatoms. The van der Waals surface area contributed by atoms with E-state index in [1.165, 1.54) is 25.3 Å². The summed E-state index contributed by atoms with van der Waals surface area (Å²) in [5, 5.41) is 0. The van der Waals surface area contributed by atoms with Crippen molar-refractivity contribution in [3.63, 3.8) is 0 Å². The second-order valence-electron chi connectivity index (χ2n) is 9.27. The van der Waals surface area contributed by atoms with Crippen LogP contribution in [0.1, 0.15) is 36.8 Å². The molecule has 0 radical (unpaired) electrons. The van der Waals surface area contributed by atoms with E-state index in [-0.39, 0.29) is 10.7 Å². The van der Waals surface area contributed by atoms with Gasteiger partial charge >= 0.3 is 17.6 Å². The van der Waals surface area contributed by atoms with Gasteiger partial charge in [-0.1, -0.05) is 48.0 Å². The molecule has 0 saturated carbocycles. The van der Waals surface area contributed by atoms with Gasteiger partial charge in [-0.25, -0.2) is 4.79 Å². The average molecular weight is 572 g/mol. The highest BCUT2D eigenvalue weighted by molar-refractivity contribution is 7.86. The number of aryl methyl sites for hydroxylation is 1. The Morgan fingerprint density at radius 3 is 2.33 bits per heavy atom. The van der Waals surface area contributed by atoms with Gasteiger partial charge in [0.15, 0.2) is 12.3 Å². The minimum Gasteiger partial charge on any atom is -0.463 e. The SMILES string of the molecule is CC(=O)OC[C@H]1O[C@@H](n2cc(Cc3ccccc3)c(N)nc2=O)[C@H](OC(C)=O)[C@H]1OS(=O)(=O)c1ccc(C)cc1. The van der Waals surface area contributed by atoms with Crippen LogP contribution >= 0.6 is 0 Å². The average Bonchev–Trinajstić information content (AvgIpc) is 3.20. The molecule has 1 fully saturated rings. The minimum atomic E-state index is -4.41. The first kappa shape index (κ1) is 28.9. The molecule has 3 aromatic rings. The molecule has 0 spiro atoms. The molecule has 1 aliphatic rings. The number of rotatable bonds is 9. The third-order valence-electron chi connectivity index (χ3n) is 6.16. The maximum atomic E-state index is 13.2. The highest BCUT2D eigenvalue weighted by Crippen LogP contribution is 2.36. The van der Waals surface area contributed by atoms with Crippen LogP contribution in [0.3, 0.4) is 0 Å². The van der Waals surface area contributed by atoms with E-state index in [0.717, 1.165) is 22.6 Å². The van der Waals surface area contributed by atoms with Crippen LogP contribution in [0, 0.1) is 6.92 Å². The van der Waals surface area contributed by atoms with Crippen molar-refractivity contribution in [1.29, 1.82) is 0 Å². The van der Waals surface area contributed by atoms with Gasteiger partial charge in [-0.15, -0.1) is 0 Å². The predicted octanol–water partition coefficient (Wildman–Crippen LogP) is 1.89. The third-order valence-corrected chi connectivity index (χ3v) is 7.48. The Morgan fingerprint density at radius 1 is 1.02 bits per heavy atom. The minimum absolute atomic E-state index is 0.00153. The zero-order chi connectivity index (χ0) is 29.0. The van der Waals surface area contributed by atoms with Crippen molar-refractivity contribution in [2.24, 2.45) is 0 Å². The molecule has 4 rings (SSSR count). The number of ether oxygens (including phenoxy) is 3. The van der Waals surface area contributed by atoms with Crippen LogP contribution in [0.2, 0.25) is 0 Å². The van der Waals surface area contributed by atoms with E-state index in [0.29, 0.717) is 12.0 Å². The first-order valence-corrected chi connectivity index (χ1v) is 13.7. The van der Waals surface area contributed by atoms with E-state index in [1.807, 2.05) is 30.3 Å². The summed E-state index contributed by atoms with van der Waals surface area (Å²) < 4.78 is 49.5. The smallest absolute Gasteiger partial charge is 0.351 e. The summed E-state index contributed by atoms with van der Waals surface area (Å²) in [5.41, 5.74) is 7.40. The zero-order valence-electron chi connectivity index (χ0n) is 22.1. The molecule has 4 atom stereocenters. The number of hydrogen-bond acceptors (Lipinski definition) is 11. The maximum absolute atomic E-state index is 13.2. The van der Waals surface area contributed by atoms with Gasteiger partial charge in [0.1, 0.15) is 24.6 Å². The van der Waals surface area contributed by atoms with Gasteiger partial charge in [0.2, 0.25) is 0 Å². The number of nitrogens with zero attached hydrogens (tertiary/aromatic N) is 2. The number of hydrogen-bond donors (Lipinski definition) is 1. The molecule has 0 aliphatic carbocycles. The molecular formula is C27H29N3O9S. The number of nitrogen functional groups attached to an aromatic ring is 1. The molecule has 1 saturated heterocycles. The lowest BCUT2D eigenvalue weighted by molar-refractivity contribution is -0.155. The summed E-state index contributed by atoms with van der Waals surface area (Å²) in [6.07, 6.45) is -3.80. The van der Waals surface area contributed by atoms with E-state index in [1.54, 1.807) is 19.1 Å². The van der Waals surface area contributed by atoms with Gasteiger partial charge in [-0.3, -0.25) is 18.3 Å². The van der Waals surface area contributed by atoms with E-state index in [4.69, 9.17) is 24.1 Å². The summed E-state index contributed by atoms with van der Waals surface area (Å²) in [6, 6.07) is 15.2. The maximum Gasteiger partial charge on any atom is 0.351 e. The quantitative estimate of drug-likeness (QED) is 0.294. The molecular weight excluding hydrogens is 542 g/mol. The topological polar surface area (TPSA) is 166 Å². The van der Waals surface area contributed by atoms with Gasteiger partial charge in [0.05, 0.1) is 4.90 Å². The van der Waals surface area contributed by atoms with Crippen molar-refractivity contribution < 1.29 is 36.4 Å². The summed E-state index contributed by atoms with van der Waals surface area (Å²) in [6.45, 7) is 3.64. The lowest BCUT2D eigenvalue weighted by Gasteiger charge is -2.24. The number of nitrogens with two attached hydrogens (primary N) is 1. The summed E-state index contributed by atoms with van der Waals surface area (Å²) in [7, 11) is -4.41. The van der Waals surface area contributed by atoms with Crippen molar-refractivity contribution in [2.45, 2.75) is 56.6 Å². The molecule has 1 aromatic heterocycles. The lowest BCUT2D eigenvalue weighted by Crippen LogP contribution is -2.42. The van der Waals surface area contributed by atoms with E-state index >= 15 is 0 Å². The summed E-state index contributed by atoms with van der Waals surface area (Å²) in [5.74, 6) is -1.44. The van der Waals surface area contributed by atoms with Crippen LogP contribution in [0.15, 0.2) is 70.5 Å². The molecule has 12 nitrogen and oxygen atoms in total. The Hall–Kier alpha value is -4.07. The molecule has 2 aromatic carbocycles. The van der Waals surface area contributed by atoms with Gasteiger partial charge in [-0.05, 0) is 24.6 Å². The Bertz CT molecular complexity index is 1540. The predicted molar refractivity (Wildman–Crippen MR) is 141 cm³/mol. The Labute approximate surface area is 230 Å². The summed E-state index contributed by atoms with van der Waals surface area (Å²) in [4.78, 5) is 40.4. The van der Waals surface area contributed by atoms with E-state index in [2.05, 4.69) is 4.98 Å². The van der Waals surface area contributed by atoms with Crippen molar-refractivity contribution >= 4 is 27.9 Å². The molecule has 1 aliphatic heterocycles. The standard InChI is InChI=1S/C27H29N3O9S/c1-16-9-11-21(12-10-16)40(34,35)39-23-22(15-36-17(2)31)38-26(24(23)37-18(3)32)30-14-20(25(28)29-27(30)33)13-19-7-5-4-6-8-19/h4-12,14,22-24,26H,13,15H2,1-3H3,(H2,28,29,33)/t22-,23+,24-,26-/m1/s1. The van der Waals surface area contributed by atoms with Gasteiger partial charge < -0.3 is 19.9 Å². The van der Waals surface area contributed by atoms with Crippen LogP contribution in [0.5, 0.6) is 0 Å². The first-order valence-electron chi connectivity index (χ1n) is 12.3. The van der Waals surface area contributed by atoms with Crippen LogP contribution in [0.4, 0.5) is 5.82 Å². The zero-order valence-corrected chi connectivity index (χ0v) is 22.9. The highest BCUT2D eigenvalue weighted by atomic mass is 32.2. The van der Waals surface area contributed by atoms with Crippen molar-refractivity contribution in [1.82, 2.24) is 9.55 Å². The van der Waals surface area contributed by atoms with Crippen LogP contribution < -0.4 is 11.4 Å². The molecule has 40 heavy (non-hydrogen) atoms. The summed E-state index contributed by atoms with van der Waals surface area (Å²) >= 11 is 0. The molecule has 212 valence electrons. The normalized spacial score (nSPS) is 20.7. The van der Waals surface area contributed by atoms with Crippen LogP contribution in [-0.4, -0.2) is 54.8 Å². The van der Waals surface area contributed by atoms with Crippen LogP contribution in [-0.2, 0) is 44.5 Å². The largest absolute Gasteiger partial charge is 0.463 e. The number of aromatic nitrogens is 2. The van der Waals surface area contributed by atoms with Gasteiger partial charge in [0.25, 0.3) is 10.1 Å². The number of carbonyl (C=O) groups is 2. The number of carbonyl (C=O) groups excluding carboxylic acids is 2. The number of esters is 2. The number of benzene rings is 2. The van der Waals surface area contributed by atoms with Gasteiger partial charge in [0, 0.05) is 32.0 Å². The second kappa shape index (κ2) is 12.0. The van der Waals surface area contributed by atoms with E-state index < -0.39 is 58.9 Å². The van der Waals surface area contributed by atoms with Crippen molar-refractivity contribution in [3.05, 3.63) is 88.0 Å². The second-order valence-corrected chi connectivity index (χ2v) is 10.8. The molecule has 0 amide bonds. The van der Waals surface area contributed by atoms with Crippen molar-refractivity contribution in [2.75, 3.05) is 12.3 Å². The van der Waals surface area contributed by atoms with Crippen LogP contribution in [0.25, 0.3) is 0 Å². The third kappa shape index (κ3) is 6.73. The Balaban J connectivity index is 1.75. The molecule has 2 N–H and O–H groups in total. The lowest BCUT2D eigenvalue weighted by atomic mass is 10.1. The van der Waals surface area contributed by atoms with E-state index in [9.17, 15) is 22.8 Å².